The summed E-state index contributed by atoms with van der Waals surface area (Å²) < 4.78 is 2.13. The van der Waals surface area contributed by atoms with E-state index in [1.165, 1.54) is 43.5 Å². The molecule has 2 fully saturated rings. The van der Waals surface area contributed by atoms with Crippen molar-refractivity contribution in [2.75, 3.05) is 37.4 Å². The zero-order valence-corrected chi connectivity index (χ0v) is 21.0. The molecule has 1 aliphatic carbocycles. The van der Waals surface area contributed by atoms with E-state index in [2.05, 4.69) is 53.6 Å². The maximum atomic E-state index is 11.9. The standard InChI is InChI=1S/C26H42N6O/c1-5-6-7-8-19(2)28-26-27-18-25-24(31-15-13-21(14-16-31)30(3)4)17-23(32(25)29-26)20-9-11-22(33)12-10-20/h17-21H,5-16H2,1-4H3,(H,28,29). The number of anilines is 2. The van der Waals surface area contributed by atoms with E-state index >= 15 is 0 Å². The lowest BCUT2D eigenvalue weighted by molar-refractivity contribution is -0.120. The molecule has 7 heteroatoms. The van der Waals surface area contributed by atoms with E-state index in [0.717, 1.165) is 37.9 Å². The van der Waals surface area contributed by atoms with Gasteiger partial charge in [0.05, 0.1) is 11.9 Å². The fraction of sp³-hybridized carbons (Fsp3) is 0.731. The van der Waals surface area contributed by atoms with Crippen molar-refractivity contribution >= 4 is 22.9 Å². The van der Waals surface area contributed by atoms with Gasteiger partial charge in [0.2, 0.25) is 5.95 Å². The Morgan fingerprint density at radius 1 is 1.15 bits per heavy atom. The molecule has 7 nitrogen and oxygen atoms in total. The van der Waals surface area contributed by atoms with Crippen molar-refractivity contribution in [3.05, 3.63) is 18.0 Å². The maximum absolute atomic E-state index is 11.9. The average molecular weight is 455 g/mol. The van der Waals surface area contributed by atoms with Crippen LogP contribution in [0.5, 0.6) is 0 Å². The van der Waals surface area contributed by atoms with Crippen molar-refractivity contribution in [1.29, 1.82) is 0 Å². The van der Waals surface area contributed by atoms with Crippen LogP contribution in [0.15, 0.2) is 12.3 Å². The molecule has 33 heavy (non-hydrogen) atoms. The van der Waals surface area contributed by atoms with Gasteiger partial charge in [-0.25, -0.2) is 9.50 Å². The minimum absolute atomic E-state index is 0.352. The van der Waals surface area contributed by atoms with Crippen LogP contribution in [0.25, 0.3) is 5.52 Å². The van der Waals surface area contributed by atoms with Crippen LogP contribution in [-0.2, 0) is 4.79 Å². The topological polar surface area (TPSA) is 65.8 Å². The second-order valence-corrected chi connectivity index (χ2v) is 10.4. The molecule has 1 aliphatic heterocycles. The van der Waals surface area contributed by atoms with Gasteiger partial charge in [-0.1, -0.05) is 26.2 Å². The number of aromatic nitrogens is 3. The third-order valence-corrected chi connectivity index (χ3v) is 7.64. The molecule has 182 valence electrons. The first-order valence-corrected chi connectivity index (χ1v) is 13.0. The van der Waals surface area contributed by atoms with Gasteiger partial charge < -0.3 is 15.1 Å². The Hall–Kier alpha value is -2.15. The Morgan fingerprint density at radius 3 is 2.55 bits per heavy atom. The number of hydrogen-bond acceptors (Lipinski definition) is 6. The van der Waals surface area contributed by atoms with E-state index in [9.17, 15) is 4.79 Å². The molecule has 1 atom stereocenters. The summed E-state index contributed by atoms with van der Waals surface area (Å²) in [6, 6.07) is 3.35. The summed E-state index contributed by atoms with van der Waals surface area (Å²) in [5, 5.41) is 8.49. The van der Waals surface area contributed by atoms with Crippen molar-refractivity contribution in [3.63, 3.8) is 0 Å². The molecule has 1 saturated heterocycles. The Bertz CT molecular complexity index is 920. The molecule has 2 aromatic rings. The van der Waals surface area contributed by atoms with Crippen LogP contribution >= 0.6 is 0 Å². The highest BCUT2D eigenvalue weighted by atomic mass is 16.1. The van der Waals surface area contributed by atoms with Crippen molar-refractivity contribution in [1.82, 2.24) is 19.5 Å². The van der Waals surface area contributed by atoms with Crippen LogP contribution < -0.4 is 10.2 Å². The molecule has 1 N–H and O–H groups in total. The lowest BCUT2D eigenvalue weighted by Crippen LogP contribution is -2.41. The molecule has 2 aliphatic rings. The van der Waals surface area contributed by atoms with Gasteiger partial charge >= 0.3 is 0 Å². The molecule has 0 amide bonds. The summed E-state index contributed by atoms with van der Waals surface area (Å²) in [4.78, 5) is 21.4. The molecule has 0 aromatic carbocycles. The zero-order chi connectivity index (χ0) is 23.4. The van der Waals surface area contributed by atoms with Gasteiger partial charge in [-0.2, -0.15) is 0 Å². The van der Waals surface area contributed by atoms with Crippen LogP contribution in [0, 0.1) is 0 Å². The monoisotopic (exact) mass is 454 g/mol. The van der Waals surface area contributed by atoms with Crippen LogP contribution in [0.2, 0.25) is 0 Å². The summed E-state index contributed by atoms with van der Waals surface area (Å²) in [6.45, 7) is 6.56. The number of ketones is 1. The molecule has 0 bridgehead atoms. The Kier molecular flexibility index (Phi) is 7.89. The first-order chi connectivity index (χ1) is 16.0. The van der Waals surface area contributed by atoms with Gasteiger partial charge in [0.1, 0.15) is 11.3 Å². The molecular formula is C26H42N6O. The largest absolute Gasteiger partial charge is 0.370 e. The number of hydrogen-bond donors (Lipinski definition) is 1. The Balaban J connectivity index is 1.60. The number of unbranched alkanes of at least 4 members (excludes halogenated alkanes) is 2. The summed E-state index contributed by atoms with van der Waals surface area (Å²) in [5.74, 6) is 1.48. The lowest BCUT2D eigenvalue weighted by atomic mass is 9.86. The number of Topliss-reactive ketones (excluding diaryl/α,β-unsaturated/α-hetero) is 1. The number of nitrogens with one attached hydrogen (secondary N) is 1. The van der Waals surface area contributed by atoms with E-state index in [1.807, 2.05) is 6.20 Å². The number of carbonyl (C=O) groups excluding carboxylic acids is 1. The van der Waals surface area contributed by atoms with Crippen molar-refractivity contribution in [2.24, 2.45) is 0 Å². The smallest absolute Gasteiger partial charge is 0.241 e. The second-order valence-electron chi connectivity index (χ2n) is 10.4. The summed E-state index contributed by atoms with van der Waals surface area (Å²) in [7, 11) is 4.37. The highest BCUT2D eigenvalue weighted by Gasteiger charge is 2.28. The highest BCUT2D eigenvalue weighted by molar-refractivity contribution is 5.80. The molecule has 1 unspecified atom stereocenters. The predicted octanol–water partition coefficient (Wildman–Crippen LogP) is 4.87. The molecule has 1 saturated carbocycles. The van der Waals surface area contributed by atoms with E-state index in [4.69, 9.17) is 10.1 Å². The quantitative estimate of drug-likeness (QED) is 0.546. The third kappa shape index (κ3) is 5.68. The first-order valence-electron chi connectivity index (χ1n) is 13.0. The van der Waals surface area contributed by atoms with Crippen molar-refractivity contribution < 1.29 is 4.79 Å². The van der Waals surface area contributed by atoms with Crippen LogP contribution in [0.3, 0.4) is 0 Å². The molecule has 0 spiro atoms. The van der Waals surface area contributed by atoms with Crippen molar-refractivity contribution in [3.8, 4) is 0 Å². The lowest BCUT2D eigenvalue weighted by Gasteiger charge is -2.36. The van der Waals surface area contributed by atoms with E-state index < -0.39 is 0 Å². The summed E-state index contributed by atoms with van der Waals surface area (Å²) in [5.41, 5.74) is 3.59. The zero-order valence-electron chi connectivity index (χ0n) is 21.0. The second kappa shape index (κ2) is 10.9. The first kappa shape index (κ1) is 24.0. The van der Waals surface area contributed by atoms with Gasteiger partial charge in [-0.3, -0.25) is 4.79 Å². The van der Waals surface area contributed by atoms with Gasteiger partial charge in [-0.05, 0) is 59.2 Å². The molecule has 0 radical (unpaired) electrons. The SMILES string of the molecule is CCCCCC(C)Nc1ncc2c(N3CCC(N(C)C)CC3)cc(C3CCC(=O)CC3)n2n1. The molecule has 3 heterocycles. The number of piperidine rings is 1. The van der Waals surface area contributed by atoms with Gasteiger partial charge in [-0.15, -0.1) is 5.10 Å². The van der Waals surface area contributed by atoms with E-state index in [1.54, 1.807) is 0 Å². The number of rotatable bonds is 9. The molecular weight excluding hydrogens is 412 g/mol. The van der Waals surface area contributed by atoms with E-state index in [-0.39, 0.29) is 0 Å². The van der Waals surface area contributed by atoms with E-state index in [0.29, 0.717) is 42.6 Å². The minimum Gasteiger partial charge on any atom is -0.370 e. The maximum Gasteiger partial charge on any atom is 0.241 e. The van der Waals surface area contributed by atoms with Crippen molar-refractivity contribution in [2.45, 2.75) is 96.1 Å². The molecule has 2 aromatic heterocycles. The highest BCUT2D eigenvalue weighted by Crippen LogP contribution is 2.37. The number of nitrogens with zero attached hydrogens (tertiary/aromatic N) is 5. The average Bonchev–Trinajstić information content (AvgIpc) is 3.18. The van der Waals surface area contributed by atoms with Crippen LogP contribution in [-0.4, -0.2) is 64.5 Å². The fourth-order valence-corrected chi connectivity index (χ4v) is 5.46. The Morgan fingerprint density at radius 2 is 1.88 bits per heavy atom. The molecule has 4 rings (SSSR count). The van der Waals surface area contributed by atoms with Gasteiger partial charge in [0.25, 0.3) is 0 Å². The normalized spacial score (nSPS) is 19.5. The number of carbonyl (C=O) groups is 1. The van der Waals surface area contributed by atoms with Crippen LogP contribution in [0.1, 0.15) is 89.7 Å². The number of fused-ring (bicyclic) bond motifs is 1. The Labute approximate surface area is 198 Å². The van der Waals surface area contributed by atoms with Gasteiger partial charge in [0.15, 0.2) is 0 Å². The summed E-state index contributed by atoms with van der Waals surface area (Å²) in [6.07, 6.45) is 12.4. The third-order valence-electron chi connectivity index (χ3n) is 7.64. The summed E-state index contributed by atoms with van der Waals surface area (Å²) >= 11 is 0. The minimum atomic E-state index is 0.352. The fourth-order valence-electron chi connectivity index (χ4n) is 5.46. The van der Waals surface area contributed by atoms with Crippen LogP contribution in [0.4, 0.5) is 11.6 Å². The predicted molar refractivity (Wildman–Crippen MR) is 135 cm³/mol. The van der Waals surface area contributed by atoms with Gasteiger partial charge in [0, 0.05) is 49.6 Å².